The second-order valence-electron chi connectivity index (χ2n) is 6.97. The number of amides is 1. The number of carbonyl (C=O) groups excluding carboxylic acids is 1. The fourth-order valence-electron chi connectivity index (χ4n) is 2.10. The number of rotatable bonds is 5. The lowest BCUT2D eigenvalue weighted by Crippen LogP contribution is -2.34. The average Bonchev–Trinajstić information content (AvgIpc) is 2.66. The predicted octanol–water partition coefficient (Wildman–Crippen LogP) is 2.92. The maximum Gasteiger partial charge on any atom is 0.407 e. The lowest BCUT2D eigenvalue weighted by molar-refractivity contribution is 0.0492. The highest BCUT2D eigenvalue weighted by Crippen LogP contribution is 2.11. The normalized spacial score (nSPS) is 13.0. The Balaban J connectivity index is 0.000000309. The molecule has 5 N–H and O–H groups in total. The molecular formula is C21H30N2O4. The molecule has 0 aliphatic rings. The molecule has 0 spiro atoms. The zero-order valence-corrected chi connectivity index (χ0v) is 16.1. The van der Waals surface area contributed by atoms with Gasteiger partial charge in [-0.05, 0) is 31.9 Å². The molecule has 0 heterocycles. The van der Waals surface area contributed by atoms with Crippen molar-refractivity contribution in [3.05, 3.63) is 71.8 Å². The van der Waals surface area contributed by atoms with Crippen molar-refractivity contribution >= 4 is 6.09 Å². The van der Waals surface area contributed by atoms with E-state index in [1.165, 1.54) is 0 Å². The van der Waals surface area contributed by atoms with Crippen LogP contribution in [0.2, 0.25) is 0 Å². The van der Waals surface area contributed by atoms with Crippen LogP contribution in [0.5, 0.6) is 0 Å². The van der Waals surface area contributed by atoms with Crippen LogP contribution < -0.4 is 11.1 Å². The van der Waals surface area contributed by atoms with E-state index in [1.54, 1.807) is 32.9 Å². The Morgan fingerprint density at radius 3 is 1.81 bits per heavy atom. The van der Waals surface area contributed by atoms with Gasteiger partial charge in [0.2, 0.25) is 0 Å². The van der Waals surface area contributed by atoms with Crippen LogP contribution in [-0.4, -0.2) is 35.0 Å². The highest BCUT2D eigenvalue weighted by Gasteiger charge is 2.17. The molecule has 0 radical (unpaired) electrons. The van der Waals surface area contributed by atoms with Crippen LogP contribution in [0, 0.1) is 0 Å². The molecule has 1 amide bonds. The highest BCUT2D eigenvalue weighted by molar-refractivity contribution is 5.67. The highest BCUT2D eigenvalue weighted by atomic mass is 16.6. The van der Waals surface area contributed by atoms with Gasteiger partial charge in [0, 0.05) is 6.54 Å². The van der Waals surface area contributed by atoms with Gasteiger partial charge >= 0.3 is 6.09 Å². The van der Waals surface area contributed by atoms with E-state index in [2.05, 4.69) is 5.32 Å². The molecule has 0 saturated carbocycles. The molecule has 0 aliphatic carbocycles. The summed E-state index contributed by atoms with van der Waals surface area (Å²) < 4.78 is 5.06. The van der Waals surface area contributed by atoms with Crippen molar-refractivity contribution in [2.24, 2.45) is 5.73 Å². The first-order valence-electron chi connectivity index (χ1n) is 8.86. The number of nitrogens with two attached hydrogens (primary N) is 1. The van der Waals surface area contributed by atoms with E-state index in [1.807, 2.05) is 48.5 Å². The van der Waals surface area contributed by atoms with E-state index in [-0.39, 0.29) is 13.1 Å². The van der Waals surface area contributed by atoms with Gasteiger partial charge in [-0.25, -0.2) is 4.79 Å². The minimum atomic E-state index is -0.719. The summed E-state index contributed by atoms with van der Waals surface area (Å²) in [5.74, 6) is 0. The zero-order chi connectivity index (χ0) is 20.3. The molecule has 0 bridgehead atoms. The molecule has 6 nitrogen and oxygen atoms in total. The summed E-state index contributed by atoms with van der Waals surface area (Å²) in [5.41, 5.74) is 6.37. The zero-order valence-electron chi connectivity index (χ0n) is 16.1. The molecule has 6 heteroatoms. The van der Waals surface area contributed by atoms with Crippen LogP contribution in [-0.2, 0) is 4.74 Å². The quantitative estimate of drug-likeness (QED) is 0.644. The van der Waals surface area contributed by atoms with E-state index in [0.29, 0.717) is 0 Å². The Kier molecular flexibility index (Phi) is 9.50. The van der Waals surface area contributed by atoms with Crippen LogP contribution in [0.4, 0.5) is 4.79 Å². The van der Waals surface area contributed by atoms with Gasteiger partial charge in [-0.3, -0.25) is 0 Å². The molecule has 0 aliphatic heterocycles. The second kappa shape index (κ2) is 11.3. The SMILES string of the molecule is CC(C)(C)OC(=O)NCC(O)c1ccccc1.NCC(O)c1ccccc1. The largest absolute Gasteiger partial charge is 0.444 e. The van der Waals surface area contributed by atoms with Crippen molar-refractivity contribution in [1.29, 1.82) is 0 Å². The average molecular weight is 374 g/mol. The molecule has 148 valence electrons. The van der Waals surface area contributed by atoms with Gasteiger partial charge in [-0.1, -0.05) is 60.7 Å². The molecule has 2 rings (SSSR count). The topological polar surface area (TPSA) is 105 Å². The summed E-state index contributed by atoms with van der Waals surface area (Å²) in [6, 6.07) is 18.6. The number of aliphatic hydroxyl groups is 2. The first-order valence-corrected chi connectivity index (χ1v) is 8.86. The third-order valence-electron chi connectivity index (χ3n) is 3.43. The van der Waals surface area contributed by atoms with Crippen molar-refractivity contribution in [3.63, 3.8) is 0 Å². The summed E-state index contributed by atoms with van der Waals surface area (Å²) in [6.45, 7) is 5.80. The van der Waals surface area contributed by atoms with Crippen molar-refractivity contribution < 1.29 is 19.7 Å². The Morgan fingerprint density at radius 2 is 1.41 bits per heavy atom. The van der Waals surface area contributed by atoms with Gasteiger partial charge in [-0.15, -0.1) is 0 Å². The number of carbonyl (C=O) groups is 1. The third kappa shape index (κ3) is 9.75. The summed E-state index contributed by atoms with van der Waals surface area (Å²) in [6.07, 6.45) is -1.75. The number of nitrogens with one attached hydrogen (secondary N) is 1. The number of hydrogen-bond acceptors (Lipinski definition) is 5. The maximum absolute atomic E-state index is 11.3. The molecule has 2 atom stereocenters. The molecular weight excluding hydrogens is 344 g/mol. The Bertz CT molecular complexity index is 657. The summed E-state index contributed by atoms with van der Waals surface area (Å²) in [4.78, 5) is 11.3. The molecule has 0 fully saturated rings. The van der Waals surface area contributed by atoms with Gasteiger partial charge in [0.15, 0.2) is 0 Å². The number of hydrogen-bond donors (Lipinski definition) is 4. The Hall–Kier alpha value is -2.41. The van der Waals surface area contributed by atoms with Crippen LogP contribution in [0.15, 0.2) is 60.7 Å². The van der Waals surface area contributed by atoms with E-state index in [4.69, 9.17) is 10.5 Å². The predicted molar refractivity (Wildman–Crippen MR) is 106 cm³/mol. The molecule has 27 heavy (non-hydrogen) atoms. The molecule has 2 aromatic carbocycles. The molecule has 0 aromatic heterocycles. The lowest BCUT2D eigenvalue weighted by atomic mass is 10.1. The van der Waals surface area contributed by atoms with E-state index < -0.39 is 23.9 Å². The molecule has 2 aromatic rings. The second-order valence-corrected chi connectivity index (χ2v) is 6.97. The van der Waals surface area contributed by atoms with Crippen molar-refractivity contribution in [3.8, 4) is 0 Å². The summed E-state index contributed by atoms with van der Waals surface area (Å²) >= 11 is 0. The number of ether oxygens (including phenoxy) is 1. The smallest absolute Gasteiger partial charge is 0.407 e. The first kappa shape index (κ1) is 22.6. The van der Waals surface area contributed by atoms with Crippen molar-refractivity contribution in [1.82, 2.24) is 5.32 Å². The number of alkyl carbamates (subject to hydrolysis) is 1. The van der Waals surface area contributed by atoms with E-state index >= 15 is 0 Å². The van der Waals surface area contributed by atoms with Gasteiger partial charge in [0.05, 0.1) is 18.8 Å². The maximum atomic E-state index is 11.3. The third-order valence-corrected chi connectivity index (χ3v) is 3.43. The van der Waals surface area contributed by atoms with E-state index in [0.717, 1.165) is 11.1 Å². The lowest BCUT2D eigenvalue weighted by Gasteiger charge is -2.20. The van der Waals surface area contributed by atoms with Crippen LogP contribution in [0.25, 0.3) is 0 Å². The van der Waals surface area contributed by atoms with E-state index in [9.17, 15) is 15.0 Å². The fourth-order valence-corrected chi connectivity index (χ4v) is 2.10. The van der Waals surface area contributed by atoms with Gasteiger partial charge in [0.25, 0.3) is 0 Å². The Morgan fingerprint density at radius 1 is 0.963 bits per heavy atom. The minimum Gasteiger partial charge on any atom is -0.444 e. The van der Waals surface area contributed by atoms with Crippen LogP contribution in [0.3, 0.4) is 0 Å². The van der Waals surface area contributed by atoms with Crippen molar-refractivity contribution in [2.75, 3.05) is 13.1 Å². The standard InChI is InChI=1S/C13H19NO3.C8H11NO/c1-13(2,3)17-12(16)14-9-11(15)10-7-5-4-6-8-10;9-6-8(10)7-4-2-1-3-5-7/h4-8,11,15H,9H2,1-3H3,(H,14,16);1-5,8,10H,6,9H2. The Labute approximate surface area is 161 Å². The minimum absolute atomic E-state index is 0.138. The number of benzene rings is 2. The first-order chi connectivity index (χ1) is 12.7. The van der Waals surface area contributed by atoms with Crippen molar-refractivity contribution in [2.45, 2.75) is 38.6 Å². The van der Waals surface area contributed by atoms with Crippen LogP contribution in [0.1, 0.15) is 44.1 Å². The molecule has 0 saturated heterocycles. The van der Waals surface area contributed by atoms with Gasteiger partial charge in [-0.2, -0.15) is 0 Å². The molecule has 2 unspecified atom stereocenters. The summed E-state index contributed by atoms with van der Waals surface area (Å²) in [7, 11) is 0. The fraction of sp³-hybridized carbons (Fsp3) is 0.381. The number of aliphatic hydroxyl groups excluding tert-OH is 2. The summed E-state index contributed by atoms with van der Waals surface area (Å²) in [5, 5.41) is 21.5. The monoisotopic (exact) mass is 374 g/mol. The van der Waals surface area contributed by atoms with Gasteiger partial charge in [0.1, 0.15) is 5.60 Å². The van der Waals surface area contributed by atoms with Crippen LogP contribution >= 0.6 is 0 Å². The van der Waals surface area contributed by atoms with Gasteiger partial charge < -0.3 is 26.0 Å².